The van der Waals surface area contributed by atoms with Gasteiger partial charge >= 0.3 is 0 Å². The van der Waals surface area contributed by atoms with E-state index in [1.807, 2.05) is 0 Å². The van der Waals surface area contributed by atoms with Crippen molar-refractivity contribution in [2.24, 2.45) is 0 Å². The zero-order chi connectivity index (χ0) is 9.84. The van der Waals surface area contributed by atoms with Crippen LogP contribution in [-0.4, -0.2) is 12.0 Å². The third-order valence-electron chi connectivity index (χ3n) is 1.80. The minimum Gasteiger partial charge on any atom is -0.294 e. The van der Waals surface area contributed by atoms with Gasteiger partial charge in [0, 0.05) is 11.3 Å². The van der Waals surface area contributed by atoms with E-state index in [1.54, 1.807) is 25.3 Å². The van der Waals surface area contributed by atoms with Crippen molar-refractivity contribution in [2.75, 3.05) is 6.26 Å². The lowest BCUT2D eigenvalue weighted by Crippen LogP contribution is -2.01. The molecule has 0 saturated carbocycles. The maximum atomic E-state index is 13.5. The van der Waals surface area contributed by atoms with Gasteiger partial charge in [0.2, 0.25) is 0 Å². The Balaban J connectivity index is 3.15. The van der Waals surface area contributed by atoms with Gasteiger partial charge in [-0.1, -0.05) is 13.0 Å². The molecule has 0 aliphatic rings. The lowest BCUT2D eigenvalue weighted by molar-refractivity contribution is 0.0984. The number of thioether (sulfide) groups is 1. The largest absolute Gasteiger partial charge is 0.294 e. The van der Waals surface area contributed by atoms with Gasteiger partial charge in [0.1, 0.15) is 5.82 Å². The number of Topliss-reactive ketones (excluding diaryl/α,β-unsaturated/α-hetero) is 1. The highest BCUT2D eigenvalue weighted by atomic mass is 32.2. The molecule has 0 spiro atoms. The van der Waals surface area contributed by atoms with Crippen LogP contribution in [0.3, 0.4) is 0 Å². The Hall–Kier alpha value is -0.830. The Morgan fingerprint density at radius 2 is 2.23 bits per heavy atom. The zero-order valence-corrected chi connectivity index (χ0v) is 8.45. The third kappa shape index (κ3) is 2.10. The molecule has 0 saturated heterocycles. The van der Waals surface area contributed by atoms with Gasteiger partial charge < -0.3 is 0 Å². The highest BCUT2D eigenvalue weighted by molar-refractivity contribution is 7.98. The highest BCUT2D eigenvalue weighted by Crippen LogP contribution is 2.22. The van der Waals surface area contributed by atoms with Crippen LogP contribution in [0.5, 0.6) is 0 Å². The molecule has 0 amide bonds. The van der Waals surface area contributed by atoms with Crippen molar-refractivity contribution in [3.8, 4) is 0 Å². The van der Waals surface area contributed by atoms with Crippen molar-refractivity contribution in [3.05, 3.63) is 29.6 Å². The minimum atomic E-state index is -0.387. The smallest absolute Gasteiger partial charge is 0.165 e. The average molecular weight is 198 g/mol. The molecule has 3 heteroatoms. The lowest BCUT2D eigenvalue weighted by atomic mass is 10.1. The normalized spacial score (nSPS) is 10.1. The fourth-order valence-corrected chi connectivity index (χ4v) is 1.58. The summed E-state index contributed by atoms with van der Waals surface area (Å²) in [6.07, 6.45) is 2.13. The van der Waals surface area contributed by atoms with Gasteiger partial charge in [0.15, 0.2) is 5.78 Å². The first-order chi connectivity index (χ1) is 6.20. The minimum absolute atomic E-state index is 0.145. The summed E-state index contributed by atoms with van der Waals surface area (Å²) in [4.78, 5) is 11.8. The standard InChI is InChI=1S/C10H11FOS/c1-3-8(12)7-5-4-6-9(13-2)10(7)11/h4-6H,3H2,1-2H3. The molecule has 1 aromatic carbocycles. The molecule has 0 aromatic heterocycles. The Kier molecular flexibility index (Phi) is 3.48. The van der Waals surface area contributed by atoms with E-state index in [9.17, 15) is 9.18 Å². The van der Waals surface area contributed by atoms with Crippen LogP contribution in [0.1, 0.15) is 23.7 Å². The van der Waals surface area contributed by atoms with Gasteiger partial charge in [-0.3, -0.25) is 4.79 Å². The molecule has 0 radical (unpaired) electrons. The maximum absolute atomic E-state index is 13.5. The van der Waals surface area contributed by atoms with Gasteiger partial charge in [-0.15, -0.1) is 11.8 Å². The number of carbonyl (C=O) groups is 1. The molecular formula is C10H11FOS. The quantitative estimate of drug-likeness (QED) is 0.548. The molecule has 0 unspecified atom stereocenters. The molecular weight excluding hydrogens is 187 g/mol. The SMILES string of the molecule is CCC(=O)c1cccc(SC)c1F. The first-order valence-electron chi connectivity index (χ1n) is 4.06. The first kappa shape index (κ1) is 10.3. The van der Waals surface area contributed by atoms with Crippen LogP contribution in [0.25, 0.3) is 0 Å². The van der Waals surface area contributed by atoms with E-state index in [0.29, 0.717) is 11.3 Å². The van der Waals surface area contributed by atoms with Gasteiger partial charge in [-0.05, 0) is 18.4 Å². The number of carbonyl (C=O) groups excluding carboxylic acids is 1. The van der Waals surface area contributed by atoms with Crippen LogP contribution in [0, 0.1) is 5.82 Å². The van der Waals surface area contributed by atoms with Gasteiger partial charge in [-0.2, -0.15) is 0 Å². The molecule has 0 fully saturated rings. The van der Waals surface area contributed by atoms with Gasteiger partial charge in [-0.25, -0.2) is 4.39 Å². The number of hydrogen-bond acceptors (Lipinski definition) is 2. The molecule has 13 heavy (non-hydrogen) atoms. The van der Waals surface area contributed by atoms with E-state index in [2.05, 4.69) is 0 Å². The van der Waals surface area contributed by atoms with Crippen molar-refractivity contribution >= 4 is 17.5 Å². The molecule has 0 heterocycles. The number of rotatable bonds is 3. The number of benzene rings is 1. The summed E-state index contributed by atoms with van der Waals surface area (Å²) in [7, 11) is 0. The summed E-state index contributed by atoms with van der Waals surface area (Å²) in [5.41, 5.74) is 0.203. The second-order valence-electron chi connectivity index (χ2n) is 2.60. The van der Waals surface area contributed by atoms with E-state index >= 15 is 0 Å². The Bertz CT molecular complexity index is 323. The van der Waals surface area contributed by atoms with Crippen LogP contribution in [0.15, 0.2) is 23.1 Å². The summed E-state index contributed by atoms with van der Waals surface area (Å²) in [5, 5.41) is 0. The maximum Gasteiger partial charge on any atom is 0.165 e. The molecule has 0 N–H and O–H groups in total. The molecule has 1 nitrogen and oxygen atoms in total. The van der Waals surface area contributed by atoms with Crippen LogP contribution >= 0.6 is 11.8 Å². The fraction of sp³-hybridized carbons (Fsp3) is 0.300. The highest BCUT2D eigenvalue weighted by Gasteiger charge is 2.12. The number of halogens is 1. The van der Waals surface area contributed by atoms with Gasteiger partial charge in [0.05, 0.1) is 5.56 Å². The molecule has 0 aliphatic carbocycles. The Morgan fingerprint density at radius 1 is 1.54 bits per heavy atom. The molecule has 0 atom stereocenters. The summed E-state index contributed by atoms with van der Waals surface area (Å²) in [6.45, 7) is 1.73. The second kappa shape index (κ2) is 4.42. The van der Waals surface area contributed by atoms with Gasteiger partial charge in [0.25, 0.3) is 0 Å². The Morgan fingerprint density at radius 3 is 2.77 bits per heavy atom. The predicted octanol–water partition coefficient (Wildman–Crippen LogP) is 3.14. The van der Waals surface area contributed by atoms with E-state index in [4.69, 9.17) is 0 Å². The fourth-order valence-electron chi connectivity index (χ4n) is 1.07. The molecule has 70 valence electrons. The third-order valence-corrected chi connectivity index (χ3v) is 2.56. The zero-order valence-electron chi connectivity index (χ0n) is 7.63. The summed E-state index contributed by atoms with van der Waals surface area (Å²) < 4.78 is 13.5. The molecule has 1 aromatic rings. The van der Waals surface area contributed by atoms with E-state index in [-0.39, 0.29) is 17.2 Å². The van der Waals surface area contributed by atoms with E-state index < -0.39 is 0 Å². The van der Waals surface area contributed by atoms with Crippen molar-refractivity contribution in [2.45, 2.75) is 18.2 Å². The lowest BCUT2D eigenvalue weighted by Gasteiger charge is -2.03. The number of hydrogen-bond donors (Lipinski definition) is 0. The summed E-state index contributed by atoms with van der Waals surface area (Å²) >= 11 is 1.31. The first-order valence-corrected chi connectivity index (χ1v) is 5.28. The van der Waals surface area contributed by atoms with Crippen molar-refractivity contribution in [3.63, 3.8) is 0 Å². The predicted molar refractivity (Wildman–Crippen MR) is 52.8 cm³/mol. The number of ketones is 1. The van der Waals surface area contributed by atoms with Crippen LogP contribution < -0.4 is 0 Å². The van der Waals surface area contributed by atoms with Crippen LogP contribution in [-0.2, 0) is 0 Å². The van der Waals surface area contributed by atoms with Crippen LogP contribution in [0.4, 0.5) is 4.39 Å². The summed E-state index contributed by atoms with van der Waals surface area (Å²) in [6, 6.07) is 4.91. The molecule has 0 aliphatic heterocycles. The molecule has 0 bridgehead atoms. The van der Waals surface area contributed by atoms with E-state index in [1.165, 1.54) is 17.8 Å². The second-order valence-corrected chi connectivity index (χ2v) is 3.45. The van der Waals surface area contributed by atoms with Crippen molar-refractivity contribution in [1.82, 2.24) is 0 Å². The average Bonchev–Trinajstić information content (AvgIpc) is 2.17. The monoisotopic (exact) mass is 198 g/mol. The van der Waals surface area contributed by atoms with Crippen LogP contribution in [0.2, 0.25) is 0 Å². The molecule has 1 rings (SSSR count). The summed E-state index contributed by atoms with van der Waals surface area (Å²) in [5.74, 6) is -0.532. The topological polar surface area (TPSA) is 17.1 Å². The Labute approximate surface area is 81.3 Å². The van der Waals surface area contributed by atoms with E-state index in [0.717, 1.165) is 0 Å². The van der Waals surface area contributed by atoms with Crippen molar-refractivity contribution in [1.29, 1.82) is 0 Å². The van der Waals surface area contributed by atoms with Crippen molar-refractivity contribution < 1.29 is 9.18 Å².